The normalized spacial score (nSPS) is 11.3. The Morgan fingerprint density at radius 3 is 2.37 bits per heavy atom. The second-order valence-corrected chi connectivity index (χ2v) is 4.38. The van der Waals surface area contributed by atoms with E-state index >= 15 is 0 Å². The highest BCUT2D eigenvalue weighted by Gasteiger charge is 2.21. The molecule has 1 aromatic carbocycles. The van der Waals surface area contributed by atoms with E-state index in [1.807, 2.05) is 0 Å². The zero-order valence-corrected chi connectivity index (χ0v) is 11.1. The van der Waals surface area contributed by atoms with Crippen molar-refractivity contribution in [3.8, 4) is 0 Å². The van der Waals surface area contributed by atoms with Crippen LogP contribution in [0.1, 0.15) is 49.4 Å². The van der Waals surface area contributed by atoms with Gasteiger partial charge in [0.05, 0.1) is 0 Å². The van der Waals surface area contributed by atoms with Crippen LogP contribution in [0, 0.1) is 0 Å². The summed E-state index contributed by atoms with van der Waals surface area (Å²) in [5.74, 6) is -0.920. The first-order valence-corrected chi connectivity index (χ1v) is 6.55. The highest BCUT2D eigenvalue weighted by atomic mass is 16.4. The molecule has 19 heavy (non-hydrogen) atoms. The standard InChI is InChI=1S/C15H19NO3/c1-2-3-4-8-11-13(17)14(16-19)15(18)12-9-6-5-7-10-12/h5-7,9-10,19H,2-4,8,11H2,1H3/b16-14+. The van der Waals surface area contributed by atoms with Crippen molar-refractivity contribution in [1.82, 2.24) is 0 Å². The molecule has 1 rings (SSSR count). The molecule has 0 amide bonds. The lowest BCUT2D eigenvalue weighted by Crippen LogP contribution is -2.24. The van der Waals surface area contributed by atoms with Gasteiger partial charge in [-0.2, -0.15) is 0 Å². The molecule has 0 unspecified atom stereocenters. The van der Waals surface area contributed by atoms with Crippen molar-refractivity contribution in [2.75, 3.05) is 0 Å². The quantitative estimate of drug-likeness (QED) is 0.195. The average Bonchev–Trinajstić information content (AvgIpc) is 2.45. The molecular formula is C15H19NO3. The molecule has 1 N–H and O–H groups in total. The van der Waals surface area contributed by atoms with Crippen molar-refractivity contribution in [2.24, 2.45) is 5.16 Å². The molecule has 4 nitrogen and oxygen atoms in total. The van der Waals surface area contributed by atoms with Gasteiger partial charge in [-0.15, -0.1) is 0 Å². The summed E-state index contributed by atoms with van der Waals surface area (Å²) in [6.45, 7) is 2.08. The Labute approximate surface area is 113 Å². The summed E-state index contributed by atoms with van der Waals surface area (Å²) in [7, 11) is 0. The van der Waals surface area contributed by atoms with Crippen LogP contribution in [-0.4, -0.2) is 22.5 Å². The fourth-order valence-electron chi connectivity index (χ4n) is 1.78. The summed E-state index contributed by atoms with van der Waals surface area (Å²) in [6.07, 6.45) is 4.05. The Morgan fingerprint density at radius 1 is 1.11 bits per heavy atom. The van der Waals surface area contributed by atoms with Crippen molar-refractivity contribution in [1.29, 1.82) is 0 Å². The highest BCUT2D eigenvalue weighted by Crippen LogP contribution is 2.07. The minimum absolute atomic E-state index is 0.248. The van der Waals surface area contributed by atoms with Gasteiger partial charge in [-0.3, -0.25) is 9.59 Å². The Bertz CT molecular complexity index is 452. The molecule has 0 spiro atoms. The number of hydrogen-bond acceptors (Lipinski definition) is 4. The van der Waals surface area contributed by atoms with Gasteiger partial charge in [0, 0.05) is 12.0 Å². The first-order valence-electron chi connectivity index (χ1n) is 6.55. The van der Waals surface area contributed by atoms with Crippen molar-refractivity contribution < 1.29 is 14.8 Å². The Kier molecular flexibility index (Phi) is 6.50. The number of benzene rings is 1. The second kappa shape index (κ2) is 8.19. The van der Waals surface area contributed by atoms with E-state index in [1.165, 1.54) is 0 Å². The molecule has 0 aromatic heterocycles. The second-order valence-electron chi connectivity index (χ2n) is 4.38. The van der Waals surface area contributed by atoms with Gasteiger partial charge in [0.2, 0.25) is 5.78 Å². The molecule has 0 atom stereocenters. The third-order valence-corrected chi connectivity index (χ3v) is 2.87. The summed E-state index contributed by atoms with van der Waals surface area (Å²) in [4.78, 5) is 23.8. The molecule has 0 heterocycles. The number of carbonyl (C=O) groups excluding carboxylic acids is 2. The molecule has 1 aromatic rings. The number of carbonyl (C=O) groups is 2. The minimum Gasteiger partial charge on any atom is -0.410 e. The van der Waals surface area contributed by atoms with Crippen LogP contribution < -0.4 is 0 Å². The van der Waals surface area contributed by atoms with E-state index in [-0.39, 0.29) is 12.1 Å². The Balaban J connectivity index is 2.63. The van der Waals surface area contributed by atoms with Crippen molar-refractivity contribution in [3.05, 3.63) is 35.9 Å². The molecule has 102 valence electrons. The number of Topliss-reactive ketones (excluding diaryl/α,β-unsaturated/α-hetero) is 2. The van der Waals surface area contributed by atoms with Crippen LogP contribution >= 0.6 is 0 Å². The monoisotopic (exact) mass is 261 g/mol. The van der Waals surface area contributed by atoms with Crippen molar-refractivity contribution >= 4 is 17.3 Å². The SMILES string of the molecule is CCCCCCC(=O)/C(=N\O)C(=O)c1ccccc1. The lowest BCUT2D eigenvalue weighted by atomic mass is 10.0. The first-order chi connectivity index (χ1) is 9.20. The van der Waals surface area contributed by atoms with E-state index in [0.29, 0.717) is 12.0 Å². The lowest BCUT2D eigenvalue weighted by molar-refractivity contribution is -0.113. The molecule has 0 saturated heterocycles. The summed E-state index contributed by atoms with van der Waals surface area (Å²) in [5, 5.41) is 11.8. The van der Waals surface area contributed by atoms with Crippen LogP contribution in [0.25, 0.3) is 0 Å². The molecule has 4 heteroatoms. The molecule has 0 aliphatic rings. The highest BCUT2D eigenvalue weighted by molar-refractivity contribution is 6.69. The molecule has 0 radical (unpaired) electrons. The van der Waals surface area contributed by atoms with Gasteiger partial charge in [0.15, 0.2) is 11.5 Å². The van der Waals surface area contributed by atoms with E-state index in [4.69, 9.17) is 5.21 Å². The van der Waals surface area contributed by atoms with Gasteiger partial charge in [-0.05, 0) is 6.42 Å². The number of hydrogen-bond donors (Lipinski definition) is 1. The van der Waals surface area contributed by atoms with E-state index < -0.39 is 11.6 Å². The number of oxime groups is 1. The van der Waals surface area contributed by atoms with Crippen LogP contribution in [0.5, 0.6) is 0 Å². The number of unbranched alkanes of at least 4 members (excludes halogenated alkanes) is 3. The summed E-state index contributed by atoms with van der Waals surface area (Å²) < 4.78 is 0. The van der Waals surface area contributed by atoms with Crippen LogP contribution in [0.15, 0.2) is 35.5 Å². The Hall–Kier alpha value is -1.97. The zero-order chi connectivity index (χ0) is 14.1. The fourth-order valence-corrected chi connectivity index (χ4v) is 1.78. The maximum atomic E-state index is 12.0. The lowest BCUT2D eigenvalue weighted by Gasteiger charge is -2.03. The summed E-state index contributed by atoms with van der Waals surface area (Å²) in [5.41, 5.74) is -0.0140. The average molecular weight is 261 g/mol. The van der Waals surface area contributed by atoms with Gasteiger partial charge in [-0.25, -0.2) is 0 Å². The molecule has 0 bridgehead atoms. The van der Waals surface area contributed by atoms with Gasteiger partial charge in [0.1, 0.15) is 0 Å². The van der Waals surface area contributed by atoms with Crippen LogP contribution in [0.4, 0.5) is 0 Å². The molecule has 0 fully saturated rings. The molecule has 0 saturated carbocycles. The predicted molar refractivity (Wildman–Crippen MR) is 73.8 cm³/mol. The third-order valence-electron chi connectivity index (χ3n) is 2.87. The minimum atomic E-state index is -0.524. The number of nitrogens with zero attached hydrogens (tertiary/aromatic N) is 1. The third kappa shape index (κ3) is 4.66. The fraction of sp³-hybridized carbons (Fsp3) is 0.400. The van der Waals surface area contributed by atoms with Crippen LogP contribution in [0.3, 0.4) is 0 Å². The van der Waals surface area contributed by atoms with Gasteiger partial charge >= 0.3 is 0 Å². The van der Waals surface area contributed by atoms with Gasteiger partial charge < -0.3 is 5.21 Å². The number of ketones is 2. The topological polar surface area (TPSA) is 66.7 Å². The first kappa shape index (κ1) is 15.1. The summed E-state index contributed by atoms with van der Waals surface area (Å²) in [6, 6.07) is 8.37. The van der Waals surface area contributed by atoms with Crippen LogP contribution in [-0.2, 0) is 4.79 Å². The van der Waals surface area contributed by atoms with E-state index in [9.17, 15) is 9.59 Å². The van der Waals surface area contributed by atoms with Crippen molar-refractivity contribution in [3.63, 3.8) is 0 Å². The predicted octanol–water partition coefficient (Wildman–Crippen LogP) is 3.24. The largest absolute Gasteiger partial charge is 0.410 e. The van der Waals surface area contributed by atoms with Gasteiger partial charge in [-0.1, -0.05) is 61.7 Å². The summed E-state index contributed by atoms with van der Waals surface area (Å²) >= 11 is 0. The van der Waals surface area contributed by atoms with E-state index in [1.54, 1.807) is 30.3 Å². The Morgan fingerprint density at radius 2 is 1.79 bits per heavy atom. The van der Waals surface area contributed by atoms with Gasteiger partial charge in [0.25, 0.3) is 0 Å². The van der Waals surface area contributed by atoms with E-state index in [2.05, 4.69) is 12.1 Å². The van der Waals surface area contributed by atoms with Crippen molar-refractivity contribution in [2.45, 2.75) is 39.0 Å². The number of rotatable bonds is 8. The maximum absolute atomic E-state index is 12.0. The molecular weight excluding hydrogens is 242 g/mol. The zero-order valence-electron chi connectivity index (χ0n) is 11.1. The molecule has 0 aliphatic carbocycles. The maximum Gasteiger partial charge on any atom is 0.218 e. The smallest absolute Gasteiger partial charge is 0.218 e. The van der Waals surface area contributed by atoms with Crippen LogP contribution in [0.2, 0.25) is 0 Å². The van der Waals surface area contributed by atoms with E-state index in [0.717, 1.165) is 19.3 Å². The molecule has 0 aliphatic heterocycles.